The smallest absolute Gasteiger partial charge is 0.320 e. The lowest BCUT2D eigenvalue weighted by Crippen LogP contribution is -2.35. The Bertz CT molecular complexity index is 1090. The monoisotopic (exact) mass is 402 g/mol. The van der Waals surface area contributed by atoms with Crippen LogP contribution in [0.1, 0.15) is 18.9 Å². The first-order valence-corrected chi connectivity index (χ1v) is 10.3. The van der Waals surface area contributed by atoms with Crippen molar-refractivity contribution < 1.29 is 14.6 Å². The number of aromatic nitrogens is 1. The normalized spacial score (nSPS) is 12.3. The highest BCUT2D eigenvalue weighted by molar-refractivity contribution is 6.07. The number of hydrogen-bond donors (Lipinski definition) is 2. The van der Waals surface area contributed by atoms with Crippen LogP contribution in [0.3, 0.4) is 0 Å². The van der Waals surface area contributed by atoms with Crippen LogP contribution >= 0.6 is 0 Å². The van der Waals surface area contributed by atoms with Crippen LogP contribution in [0.15, 0.2) is 72.8 Å². The fraction of sp³-hybridized carbons (Fsp3) is 0.240. The van der Waals surface area contributed by atoms with Gasteiger partial charge < -0.3 is 19.7 Å². The first-order chi connectivity index (χ1) is 14.7. The minimum absolute atomic E-state index is 0.520. The quantitative estimate of drug-likeness (QED) is 0.421. The van der Waals surface area contributed by atoms with Crippen molar-refractivity contribution in [2.45, 2.75) is 32.5 Å². The minimum Gasteiger partial charge on any atom is -0.492 e. The standard InChI is InChI=1S/C25H26N2O3/c1-2-22(25(28)29)26-17-18-11-13-19(14-12-18)30-16-15-27-23-9-5-3-7-20(23)21-8-4-6-10-24(21)27/h3-14,22,26H,2,15-17H2,1H3,(H,28,29). The second-order valence-corrected chi connectivity index (χ2v) is 7.36. The molecule has 2 N–H and O–H groups in total. The number of aliphatic carboxylic acids is 1. The van der Waals surface area contributed by atoms with Crippen molar-refractivity contribution in [3.8, 4) is 5.75 Å². The van der Waals surface area contributed by atoms with E-state index in [2.05, 4.69) is 58.4 Å². The molecule has 3 aromatic carbocycles. The van der Waals surface area contributed by atoms with Crippen LogP contribution in [0, 0.1) is 0 Å². The van der Waals surface area contributed by atoms with Gasteiger partial charge in [-0.15, -0.1) is 0 Å². The third-order valence-corrected chi connectivity index (χ3v) is 5.45. The molecule has 0 saturated carbocycles. The highest BCUT2D eigenvalue weighted by Crippen LogP contribution is 2.28. The van der Waals surface area contributed by atoms with E-state index in [9.17, 15) is 4.79 Å². The maximum atomic E-state index is 11.1. The number of hydrogen-bond acceptors (Lipinski definition) is 3. The molecular weight excluding hydrogens is 376 g/mol. The molecule has 0 aliphatic carbocycles. The van der Waals surface area contributed by atoms with Gasteiger partial charge in [0.25, 0.3) is 0 Å². The third-order valence-electron chi connectivity index (χ3n) is 5.45. The van der Waals surface area contributed by atoms with Gasteiger partial charge in [0, 0.05) is 28.4 Å². The summed E-state index contributed by atoms with van der Waals surface area (Å²) in [5.74, 6) is -0.00712. The van der Waals surface area contributed by atoms with Crippen LogP contribution in [0.25, 0.3) is 21.8 Å². The SMILES string of the molecule is CCC(NCc1ccc(OCCn2c3ccccc3c3ccccc32)cc1)C(=O)O. The number of benzene rings is 3. The summed E-state index contributed by atoms with van der Waals surface area (Å²) < 4.78 is 8.29. The van der Waals surface area contributed by atoms with Gasteiger partial charge in [-0.25, -0.2) is 0 Å². The Hall–Kier alpha value is -3.31. The van der Waals surface area contributed by atoms with Crippen molar-refractivity contribution in [1.29, 1.82) is 0 Å². The molecule has 0 spiro atoms. The highest BCUT2D eigenvalue weighted by atomic mass is 16.5. The first-order valence-electron chi connectivity index (χ1n) is 10.3. The molecule has 0 bridgehead atoms. The molecule has 4 aromatic rings. The Labute approximate surface area is 175 Å². The van der Waals surface area contributed by atoms with E-state index >= 15 is 0 Å². The molecule has 0 aliphatic rings. The van der Waals surface area contributed by atoms with E-state index < -0.39 is 12.0 Å². The van der Waals surface area contributed by atoms with Gasteiger partial charge in [0.05, 0.1) is 6.54 Å². The van der Waals surface area contributed by atoms with Gasteiger partial charge >= 0.3 is 5.97 Å². The molecule has 0 fully saturated rings. The van der Waals surface area contributed by atoms with Crippen LogP contribution in [0.4, 0.5) is 0 Å². The van der Waals surface area contributed by atoms with Crippen molar-refractivity contribution in [2.24, 2.45) is 0 Å². The molecule has 5 nitrogen and oxygen atoms in total. The zero-order chi connectivity index (χ0) is 20.9. The van der Waals surface area contributed by atoms with Crippen molar-refractivity contribution in [3.05, 3.63) is 78.4 Å². The molecule has 1 heterocycles. The summed E-state index contributed by atoms with van der Waals surface area (Å²) in [4.78, 5) is 11.1. The average Bonchev–Trinajstić information content (AvgIpc) is 3.09. The average molecular weight is 402 g/mol. The van der Waals surface area contributed by atoms with Crippen LogP contribution in [0.2, 0.25) is 0 Å². The number of carboxylic acids is 1. The molecule has 0 saturated heterocycles. The van der Waals surface area contributed by atoms with Gasteiger partial charge in [-0.2, -0.15) is 0 Å². The summed E-state index contributed by atoms with van der Waals surface area (Å²) >= 11 is 0. The molecule has 1 aromatic heterocycles. The van der Waals surface area contributed by atoms with Crippen molar-refractivity contribution in [2.75, 3.05) is 6.61 Å². The van der Waals surface area contributed by atoms with E-state index in [1.165, 1.54) is 21.8 Å². The summed E-state index contributed by atoms with van der Waals surface area (Å²) in [7, 11) is 0. The number of ether oxygens (including phenoxy) is 1. The summed E-state index contributed by atoms with van der Waals surface area (Å²) in [6, 6.07) is 24.2. The van der Waals surface area contributed by atoms with Gasteiger partial charge in [0.2, 0.25) is 0 Å². The van der Waals surface area contributed by atoms with E-state index in [1.807, 2.05) is 31.2 Å². The molecule has 1 unspecified atom stereocenters. The number of fused-ring (bicyclic) bond motifs is 3. The number of para-hydroxylation sites is 2. The summed E-state index contributed by atoms with van der Waals surface area (Å²) in [5, 5.41) is 14.7. The molecule has 0 radical (unpaired) electrons. The summed E-state index contributed by atoms with van der Waals surface area (Å²) in [5.41, 5.74) is 3.46. The number of rotatable bonds is 9. The Morgan fingerprint density at radius 3 is 2.13 bits per heavy atom. The summed E-state index contributed by atoms with van der Waals surface area (Å²) in [6.07, 6.45) is 0.555. The number of nitrogens with one attached hydrogen (secondary N) is 1. The molecule has 154 valence electrons. The Kier molecular flexibility index (Phi) is 6.00. The van der Waals surface area contributed by atoms with E-state index in [4.69, 9.17) is 9.84 Å². The van der Waals surface area contributed by atoms with Gasteiger partial charge in [-0.05, 0) is 36.2 Å². The maximum Gasteiger partial charge on any atom is 0.320 e. The number of carbonyl (C=O) groups is 1. The third kappa shape index (κ3) is 4.16. The Balaban J connectivity index is 1.39. The van der Waals surface area contributed by atoms with Crippen LogP contribution in [-0.2, 0) is 17.9 Å². The lowest BCUT2D eigenvalue weighted by atomic mass is 10.2. The molecule has 5 heteroatoms. The van der Waals surface area contributed by atoms with Crippen LogP contribution in [0.5, 0.6) is 5.75 Å². The maximum absolute atomic E-state index is 11.1. The lowest BCUT2D eigenvalue weighted by Gasteiger charge is -2.13. The van der Waals surface area contributed by atoms with Gasteiger partial charge in [-0.1, -0.05) is 55.5 Å². The van der Waals surface area contributed by atoms with Crippen LogP contribution in [-0.4, -0.2) is 28.3 Å². The predicted molar refractivity (Wildman–Crippen MR) is 120 cm³/mol. The molecule has 0 amide bonds. The first kappa shape index (κ1) is 20.0. The van der Waals surface area contributed by atoms with E-state index in [0.717, 1.165) is 17.9 Å². The van der Waals surface area contributed by atoms with Gasteiger partial charge in [-0.3, -0.25) is 4.79 Å². The topological polar surface area (TPSA) is 63.5 Å². The Morgan fingerprint density at radius 2 is 1.57 bits per heavy atom. The lowest BCUT2D eigenvalue weighted by molar-refractivity contribution is -0.139. The van der Waals surface area contributed by atoms with Gasteiger partial charge in [0.1, 0.15) is 18.4 Å². The largest absolute Gasteiger partial charge is 0.492 e. The van der Waals surface area contributed by atoms with Crippen molar-refractivity contribution in [3.63, 3.8) is 0 Å². The number of carboxylic acid groups (broad SMARTS) is 1. The second-order valence-electron chi connectivity index (χ2n) is 7.36. The van der Waals surface area contributed by atoms with Crippen molar-refractivity contribution >= 4 is 27.8 Å². The van der Waals surface area contributed by atoms with E-state index in [-0.39, 0.29) is 0 Å². The van der Waals surface area contributed by atoms with Crippen LogP contribution < -0.4 is 10.1 Å². The van der Waals surface area contributed by atoms with E-state index in [0.29, 0.717) is 19.6 Å². The van der Waals surface area contributed by atoms with E-state index in [1.54, 1.807) is 0 Å². The minimum atomic E-state index is -0.817. The Morgan fingerprint density at radius 1 is 0.967 bits per heavy atom. The molecule has 30 heavy (non-hydrogen) atoms. The number of nitrogens with zero attached hydrogens (tertiary/aromatic N) is 1. The van der Waals surface area contributed by atoms with Gasteiger partial charge in [0.15, 0.2) is 0 Å². The van der Waals surface area contributed by atoms with Crippen molar-refractivity contribution in [1.82, 2.24) is 9.88 Å². The highest BCUT2D eigenvalue weighted by Gasteiger charge is 2.13. The fourth-order valence-electron chi connectivity index (χ4n) is 3.85. The second kappa shape index (κ2) is 9.01. The zero-order valence-corrected chi connectivity index (χ0v) is 17.0. The molecule has 1 atom stereocenters. The predicted octanol–water partition coefficient (Wildman–Crippen LogP) is 4.83. The molecular formula is C25H26N2O3. The summed E-state index contributed by atoms with van der Waals surface area (Å²) in [6.45, 7) is 3.71. The zero-order valence-electron chi connectivity index (χ0n) is 17.0. The fourth-order valence-corrected chi connectivity index (χ4v) is 3.85. The molecule has 4 rings (SSSR count). The molecule has 0 aliphatic heterocycles.